The third kappa shape index (κ3) is 3.61. The van der Waals surface area contributed by atoms with E-state index in [2.05, 4.69) is 0 Å². The fourth-order valence-electron chi connectivity index (χ4n) is 3.13. The van der Waals surface area contributed by atoms with Crippen molar-refractivity contribution in [1.29, 1.82) is 0 Å². The van der Waals surface area contributed by atoms with Crippen LogP contribution in [0.5, 0.6) is 5.75 Å². The van der Waals surface area contributed by atoms with Gasteiger partial charge in [-0.3, -0.25) is 9.59 Å². The van der Waals surface area contributed by atoms with Gasteiger partial charge in [0.15, 0.2) is 0 Å². The van der Waals surface area contributed by atoms with Crippen LogP contribution in [-0.4, -0.2) is 48.6 Å². The van der Waals surface area contributed by atoms with Crippen molar-refractivity contribution in [2.24, 2.45) is 0 Å². The minimum Gasteiger partial charge on any atom is -0.494 e. The van der Waals surface area contributed by atoms with E-state index in [-0.39, 0.29) is 30.1 Å². The third-order valence-electron chi connectivity index (χ3n) is 4.40. The first-order valence-corrected chi connectivity index (χ1v) is 8.91. The van der Waals surface area contributed by atoms with Crippen LogP contribution in [0.2, 0.25) is 0 Å². The Morgan fingerprint density at radius 1 is 1.11 bits per heavy atom. The first-order chi connectivity index (χ1) is 13.5. The number of aliphatic hydroxyl groups is 1. The Labute approximate surface area is 162 Å². The van der Waals surface area contributed by atoms with Crippen molar-refractivity contribution >= 4 is 23.1 Å². The zero-order valence-corrected chi connectivity index (χ0v) is 15.7. The van der Waals surface area contributed by atoms with Gasteiger partial charge in [-0.1, -0.05) is 18.2 Å². The third-order valence-corrected chi connectivity index (χ3v) is 4.40. The van der Waals surface area contributed by atoms with E-state index >= 15 is 0 Å². The van der Waals surface area contributed by atoms with Crippen LogP contribution in [-0.2, 0) is 9.59 Å². The van der Waals surface area contributed by atoms with Crippen LogP contribution in [0.3, 0.4) is 0 Å². The van der Waals surface area contributed by atoms with Gasteiger partial charge in [0.25, 0.3) is 11.8 Å². The average molecular weight is 384 g/mol. The summed E-state index contributed by atoms with van der Waals surface area (Å²) in [4.78, 5) is 28.7. The summed E-state index contributed by atoms with van der Waals surface area (Å²) < 4.78 is 19.1. The molecule has 0 fully saturated rings. The lowest BCUT2D eigenvalue weighted by atomic mass is 10.0. The quantitative estimate of drug-likeness (QED) is 0.743. The van der Waals surface area contributed by atoms with Crippen molar-refractivity contribution in [2.75, 3.05) is 31.7 Å². The smallest absolute Gasteiger partial charge is 0.282 e. The van der Waals surface area contributed by atoms with Gasteiger partial charge in [0.05, 0.1) is 24.5 Å². The number of imide groups is 1. The highest BCUT2D eigenvalue weighted by Crippen LogP contribution is 2.35. The molecule has 146 valence electrons. The van der Waals surface area contributed by atoms with Crippen LogP contribution in [0, 0.1) is 5.82 Å². The second-order valence-electron chi connectivity index (χ2n) is 6.25. The van der Waals surface area contributed by atoms with Gasteiger partial charge in [-0.2, -0.15) is 0 Å². The number of halogens is 1. The highest BCUT2D eigenvalue weighted by Gasteiger charge is 2.41. The number of benzene rings is 2. The van der Waals surface area contributed by atoms with E-state index in [9.17, 15) is 19.1 Å². The number of rotatable bonds is 7. The zero-order valence-electron chi connectivity index (χ0n) is 15.7. The van der Waals surface area contributed by atoms with Crippen molar-refractivity contribution in [1.82, 2.24) is 4.90 Å². The number of carbonyl (C=O) groups is 2. The summed E-state index contributed by atoms with van der Waals surface area (Å²) in [6.07, 6.45) is 0. The summed E-state index contributed by atoms with van der Waals surface area (Å²) in [5.41, 5.74) is 1.06. The molecular formula is C21H21FN2O4. The molecule has 6 nitrogen and oxygen atoms in total. The van der Waals surface area contributed by atoms with E-state index in [4.69, 9.17) is 4.74 Å². The lowest BCUT2D eigenvalue weighted by molar-refractivity contribution is -0.120. The Hall–Kier alpha value is -3.19. The fraction of sp³-hybridized carbons (Fsp3) is 0.238. The molecule has 7 heteroatoms. The van der Waals surface area contributed by atoms with Crippen molar-refractivity contribution in [3.05, 3.63) is 65.6 Å². The second-order valence-corrected chi connectivity index (χ2v) is 6.25. The molecule has 0 saturated heterocycles. The van der Waals surface area contributed by atoms with Crippen molar-refractivity contribution < 1.29 is 23.8 Å². The van der Waals surface area contributed by atoms with Crippen LogP contribution in [0.25, 0.3) is 5.57 Å². The molecule has 28 heavy (non-hydrogen) atoms. The van der Waals surface area contributed by atoms with Gasteiger partial charge in [-0.15, -0.1) is 0 Å². The summed E-state index contributed by atoms with van der Waals surface area (Å²) >= 11 is 0. The second kappa shape index (κ2) is 8.22. The van der Waals surface area contributed by atoms with Gasteiger partial charge < -0.3 is 14.7 Å². The maximum atomic E-state index is 13.7. The summed E-state index contributed by atoms with van der Waals surface area (Å²) in [6, 6.07) is 12.2. The lowest BCUT2D eigenvalue weighted by Gasteiger charge is -2.20. The number of anilines is 1. The van der Waals surface area contributed by atoms with E-state index in [1.807, 2.05) is 6.92 Å². The van der Waals surface area contributed by atoms with Crippen molar-refractivity contribution in [2.45, 2.75) is 6.92 Å². The summed E-state index contributed by atoms with van der Waals surface area (Å²) in [5, 5.41) is 9.28. The minimum atomic E-state index is -0.560. The molecule has 3 rings (SSSR count). The van der Waals surface area contributed by atoms with Crippen LogP contribution in [0.4, 0.5) is 10.1 Å². The molecule has 0 aliphatic carbocycles. The average Bonchev–Trinajstić information content (AvgIpc) is 2.93. The van der Waals surface area contributed by atoms with Crippen LogP contribution >= 0.6 is 0 Å². The number of hydrogen-bond donors (Lipinski definition) is 1. The largest absolute Gasteiger partial charge is 0.494 e. The van der Waals surface area contributed by atoms with E-state index < -0.39 is 17.6 Å². The molecule has 0 bridgehead atoms. The van der Waals surface area contributed by atoms with Gasteiger partial charge in [-0.25, -0.2) is 9.29 Å². The van der Waals surface area contributed by atoms with E-state index in [0.29, 0.717) is 17.9 Å². The standard InChI is InChI=1S/C21H21FN2O4/c1-3-28-17-9-7-14(8-10-17)18-19(23(2)11-12-25)21(27)24(20(18)26)16-6-4-5-15(22)13-16/h4-10,13,25H,3,11-12H2,1-2H3. The highest BCUT2D eigenvalue weighted by molar-refractivity contribution is 6.45. The summed E-state index contributed by atoms with van der Waals surface area (Å²) in [6.45, 7) is 2.37. The number of likely N-dealkylation sites (N-methyl/N-ethyl adjacent to an activating group) is 1. The van der Waals surface area contributed by atoms with E-state index in [1.54, 1.807) is 31.3 Å². The predicted octanol–water partition coefficient (Wildman–Crippen LogP) is 2.43. The van der Waals surface area contributed by atoms with E-state index in [0.717, 1.165) is 11.0 Å². The zero-order chi connectivity index (χ0) is 20.3. The van der Waals surface area contributed by atoms with Gasteiger partial charge in [0, 0.05) is 13.6 Å². The molecule has 1 N–H and O–H groups in total. The fourth-order valence-corrected chi connectivity index (χ4v) is 3.13. The Kier molecular flexibility index (Phi) is 5.75. The number of hydrogen-bond acceptors (Lipinski definition) is 5. The number of nitrogens with zero attached hydrogens (tertiary/aromatic N) is 2. The summed E-state index contributed by atoms with van der Waals surface area (Å²) in [7, 11) is 1.63. The molecule has 2 amide bonds. The first kappa shape index (κ1) is 19.6. The van der Waals surface area contributed by atoms with Gasteiger partial charge in [0.1, 0.15) is 17.3 Å². The molecule has 2 aromatic rings. The molecule has 0 unspecified atom stereocenters. The maximum absolute atomic E-state index is 13.7. The number of aliphatic hydroxyl groups excluding tert-OH is 1. The molecule has 0 atom stereocenters. The molecule has 1 aliphatic rings. The molecule has 0 spiro atoms. The number of carbonyl (C=O) groups excluding carboxylic acids is 2. The molecule has 0 aromatic heterocycles. The van der Waals surface area contributed by atoms with Crippen molar-refractivity contribution in [3.63, 3.8) is 0 Å². The summed E-state index contributed by atoms with van der Waals surface area (Å²) in [5.74, 6) is -0.997. The Bertz CT molecular complexity index is 924. The predicted molar refractivity (Wildman–Crippen MR) is 103 cm³/mol. The minimum absolute atomic E-state index is 0.158. The lowest BCUT2D eigenvalue weighted by Crippen LogP contribution is -2.34. The van der Waals surface area contributed by atoms with Crippen molar-refractivity contribution in [3.8, 4) is 5.75 Å². The number of amides is 2. The molecule has 1 aliphatic heterocycles. The van der Waals surface area contributed by atoms with Crippen LogP contribution < -0.4 is 9.64 Å². The number of ether oxygens (including phenoxy) is 1. The van der Waals surface area contributed by atoms with Gasteiger partial charge in [0.2, 0.25) is 0 Å². The first-order valence-electron chi connectivity index (χ1n) is 8.91. The maximum Gasteiger partial charge on any atom is 0.282 e. The monoisotopic (exact) mass is 384 g/mol. The van der Waals surface area contributed by atoms with Crippen LogP contribution in [0.15, 0.2) is 54.2 Å². The molecule has 2 aromatic carbocycles. The Balaban J connectivity index is 2.08. The molecule has 0 saturated carbocycles. The van der Waals surface area contributed by atoms with E-state index in [1.165, 1.54) is 23.1 Å². The normalized spacial score (nSPS) is 14.1. The highest BCUT2D eigenvalue weighted by atomic mass is 19.1. The van der Waals surface area contributed by atoms with Gasteiger partial charge in [-0.05, 0) is 42.8 Å². The molecular weight excluding hydrogens is 363 g/mol. The topological polar surface area (TPSA) is 70.1 Å². The Morgan fingerprint density at radius 3 is 2.43 bits per heavy atom. The molecule has 0 radical (unpaired) electrons. The van der Waals surface area contributed by atoms with Gasteiger partial charge >= 0.3 is 0 Å². The van der Waals surface area contributed by atoms with Crippen LogP contribution in [0.1, 0.15) is 12.5 Å². The molecule has 1 heterocycles. The SMILES string of the molecule is CCOc1ccc(C2=C(N(C)CCO)C(=O)N(c3cccc(F)c3)C2=O)cc1. The Morgan fingerprint density at radius 2 is 1.82 bits per heavy atom.